The van der Waals surface area contributed by atoms with Gasteiger partial charge in [-0.15, -0.1) is 23.1 Å². The first-order valence-corrected chi connectivity index (χ1v) is 6.29. The average Bonchev–Trinajstić information content (AvgIpc) is 2.64. The van der Waals surface area contributed by atoms with Crippen LogP contribution < -0.4 is 11.1 Å². The Bertz CT molecular complexity index is 274. The molecule has 0 saturated carbocycles. The zero-order chi connectivity index (χ0) is 10.4. The fraction of sp³-hybridized carbons (Fsp3) is 0.444. The number of amides is 1. The molecule has 1 heterocycles. The van der Waals surface area contributed by atoms with E-state index in [0.29, 0.717) is 5.75 Å². The highest BCUT2D eigenvalue weighted by Gasteiger charge is 2.13. The molecular weight excluding hydrogens is 216 g/mol. The van der Waals surface area contributed by atoms with Crippen LogP contribution in [0.15, 0.2) is 21.7 Å². The third-order valence-corrected chi connectivity index (χ3v) is 3.91. The average molecular weight is 230 g/mol. The summed E-state index contributed by atoms with van der Waals surface area (Å²) >= 11 is 3.34. The molecule has 0 fully saturated rings. The molecule has 5 heteroatoms. The van der Waals surface area contributed by atoms with Crippen LogP contribution in [0.1, 0.15) is 6.92 Å². The molecule has 3 N–H and O–H groups in total. The third-order valence-electron chi connectivity index (χ3n) is 1.68. The van der Waals surface area contributed by atoms with Gasteiger partial charge in [-0.1, -0.05) is 13.0 Å². The number of thioether (sulfide) groups is 1. The van der Waals surface area contributed by atoms with E-state index in [4.69, 9.17) is 5.73 Å². The lowest BCUT2D eigenvalue weighted by atomic mass is 10.3. The van der Waals surface area contributed by atoms with E-state index in [2.05, 4.69) is 5.32 Å². The predicted molar refractivity (Wildman–Crippen MR) is 61.7 cm³/mol. The van der Waals surface area contributed by atoms with Gasteiger partial charge >= 0.3 is 0 Å². The van der Waals surface area contributed by atoms with E-state index in [1.54, 1.807) is 23.1 Å². The maximum atomic E-state index is 11.0. The summed E-state index contributed by atoms with van der Waals surface area (Å²) in [6.07, 6.45) is 0. The maximum Gasteiger partial charge on any atom is 0.235 e. The summed E-state index contributed by atoms with van der Waals surface area (Å²) in [7, 11) is 0. The van der Waals surface area contributed by atoms with Gasteiger partial charge in [0.15, 0.2) is 0 Å². The standard InChI is InChI=1S/C9H14N2OS2/c1-2-11-7(9(10)12)6-14-8-4-3-5-13-8/h3-5,7,11H,2,6H2,1H3,(H2,10,12). The van der Waals surface area contributed by atoms with Crippen molar-refractivity contribution in [2.75, 3.05) is 12.3 Å². The summed E-state index contributed by atoms with van der Waals surface area (Å²) < 4.78 is 1.22. The number of carbonyl (C=O) groups excluding carboxylic acids is 1. The number of rotatable bonds is 6. The van der Waals surface area contributed by atoms with Gasteiger partial charge in [0.2, 0.25) is 5.91 Å². The molecule has 0 aliphatic heterocycles. The van der Waals surface area contributed by atoms with Gasteiger partial charge < -0.3 is 11.1 Å². The van der Waals surface area contributed by atoms with E-state index >= 15 is 0 Å². The SMILES string of the molecule is CCNC(CSc1cccs1)C(N)=O. The van der Waals surface area contributed by atoms with Crippen molar-refractivity contribution in [3.63, 3.8) is 0 Å². The molecule has 1 amide bonds. The predicted octanol–water partition coefficient (Wildman–Crippen LogP) is 1.30. The van der Waals surface area contributed by atoms with Gasteiger partial charge in [0.25, 0.3) is 0 Å². The van der Waals surface area contributed by atoms with Crippen LogP contribution in [-0.4, -0.2) is 24.2 Å². The van der Waals surface area contributed by atoms with Gasteiger partial charge in [0, 0.05) is 5.75 Å². The van der Waals surface area contributed by atoms with Crippen LogP contribution in [0, 0.1) is 0 Å². The lowest BCUT2D eigenvalue weighted by molar-refractivity contribution is -0.119. The van der Waals surface area contributed by atoms with Gasteiger partial charge in [-0.3, -0.25) is 4.79 Å². The Morgan fingerprint density at radius 2 is 2.57 bits per heavy atom. The zero-order valence-corrected chi connectivity index (χ0v) is 9.66. The molecule has 0 aromatic carbocycles. The van der Waals surface area contributed by atoms with Crippen LogP contribution in [0.3, 0.4) is 0 Å². The summed E-state index contributed by atoms with van der Waals surface area (Å²) in [5.41, 5.74) is 5.25. The molecule has 0 aliphatic rings. The normalized spacial score (nSPS) is 12.6. The number of likely N-dealkylation sites (N-methyl/N-ethyl adjacent to an activating group) is 1. The lowest BCUT2D eigenvalue weighted by Crippen LogP contribution is -2.42. The van der Waals surface area contributed by atoms with Crippen molar-refractivity contribution in [3.05, 3.63) is 17.5 Å². The van der Waals surface area contributed by atoms with Crippen LogP contribution in [0.2, 0.25) is 0 Å². The molecule has 1 rings (SSSR count). The van der Waals surface area contributed by atoms with Crippen LogP contribution in [0.25, 0.3) is 0 Å². The number of primary amides is 1. The summed E-state index contributed by atoms with van der Waals surface area (Å²) in [6.45, 7) is 2.73. The molecule has 1 unspecified atom stereocenters. The molecule has 0 bridgehead atoms. The highest BCUT2D eigenvalue weighted by Crippen LogP contribution is 2.23. The molecule has 1 aromatic heterocycles. The van der Waals surface area contributed by atoms with Crippen molar-refractivity contribution >= 4 is 29.0 Å². The molecule has 0 saturated heterocycles. The van der Waals surface area contributed by atoms with E-state index < -0.39 is 0 Å². The number of nitrogens with two attached hydrogens (primary N) is 1. The van der Waals surface area contributed by atoms with Crippen molar-refractivity contribution in [1.82, 2.24) is 5.32 Å². The molecule has 3 nitrogen and oxygen atoms in total. The Labute approximate surface area is 92.1 Å². The van der Waals surface area contributed by atoms with Crippen LogP contribution in [0.5, 0.6) is 0 Å². The Balaban J connectivity index is 2.37. The Hall–Kier alpha value is -0.520. The Kier molecular flexibility index (Phi) is 5.00. The van der Waals surface area contributed by atoms with E-state index in [0.717, 1.165) is 6.54 Å². The first kappa shape index (κ1) is 11.6. The highest BCUT2D eigenvalue weighted by atomic mass is 32.2. The molecule has 1 aromatic rings. The van der Waals surface area contributed by atoms with Crippen LogP contribution in [-0.2, 0) is 4.79 Å². The second-order valence-electron chi connectivity index (χ2n) is 2.76. The van der Waals surface area contributed by atoms with Crippen molar-refractivity contribution in [3.8, 4) is 0 Å². The highest BCUT2D eigenvalue weighted by molar-refractivity contribution is 8.01. The van der Waals surface area contributed by atoms with Crippen LogP contribution >= 0.6 is 23.1 Å². The molecule has 0 radical (unpaired) electrons. The van der Waals surface area contributed by atoms with Crippen LogP contribution in [0.4, 0.5) is 0 Å². The van der Waals surface area contributed by atoms with Crippen molar-refractivity contribution in [1.29, 1.82) is 0 Å². The van der Waals surface area contributed by atoms with E-state index in [-0.39, 0.29) is 11.9 Å². The summed E-state index contributed by atoms with van der Waals surface area (Å²) in [5, 5.41) is 5.08. The third kappa shape index (κ3) is 3.69. The molecule has 1 atom stereocenters. The minimum atomic E-state index is -0.282. The maximum absolute atomic E-state index is 11.0. The number of hydrogen-bond acceptors (Lipinski definition) is 4. The minimum absolute atomic E-state index is 0.230. The number of thiophene rings is 1. The second kappa shape index (κ2) is 6.06. The molecule has 78 valence electrons. The van der Waals surface area contributed by atoms with Gasteiger partial charge in [-0.2, -0.15) is 0 Å². The van der Waals surface area contributed by atoms with Crippen molar-refractivity contribution in [2.24, 2.45) is 5.73 Å². The quantitative estimate of drug-likeness (QED) is 0.724. The molecule has 0 aliphatic carbocycles. The van der Waals surface area contributed by atoms with Crippen molar-refractivity contribution in [2.45, 2.75) is 17.2 Å². The second-order valence-corrected chi connectivity index (χ2v) is 5.02. The van der Waals surface area contributed by atoms with E-state index in [1.165, 1.54) is 4.21 Å². The monoisotopic (exact) mass is 230 g/mol. The number of hydrogen-bond donors (Lipinski definition) is 2. The lowest BCUT2D eigenvalue weighted by Gasteiger charge is -2.12. The fourth-order valence-corrected chi connectivity index (χ4v) is 2.88. The van der Waals surface area contributed by atoms with Gasteiger partial charge in [0.1, 0.15) is 0 Å². The van der Waals surface area contributed by atoms with Gasteiger partial charge in [-0.25, -0.2) is 0 Å². The Morgan fingerprint density at radius 1 is 1.79 bits per heavy atom. The van der Waals surface area contributed by atoms with Crippen molar-refractivity contribution < 1.29 is 4.79 Å². The molecule has 14 heavy (non-hydrogen) atoms. The zero-order valence-electron chi connectivity index (χ0n) is 8.03. The Morgan fingerprint density at radius 3 is 3.07 bits per heavy atom. The van der Waals surface area contributed by atoms with Gasteiger partial charge in [0.05, 0.1) is 10.3 Å². The minimum Gasteiger partial charge on any atom is -0.368 e. The van der Waals surface area contributed by atoms with Gasteiger partial charge in [-0.05, 0) is 18.0 Å². The smallest absolute Gasteiger partial charge is 0.235 e. The summed E-state index contributed by atoms with van der Waals surface area (Å²) in [5.74, 6) is 0.417. The number of carbonyl (C=O) groups is 1. The van der Waals surface area contributed by atoms with E-state index in [1.807, 2.05) is 24.4 Å². The summed E-state index contributed by atoms with van der Waals surface area (Å²) in [4.78, 5) is 11.0. The summed E-state index contributed by atoms with van der Waals surface area (Å²) in [6, 6.07) is 3.81. The molecule has 0 spiro atoms. The largest absolute Gasteiger partial charge is 0.368 e. The van der Waals surface area contributed by atoms with E-state index in [9.17, 15) is 4.79 Å². The topological polar surface area (TPSA) is 55.1 Å². The fourth-order valence-electron chi connectivity index (χ4n) is 0.999. The first-order chi connectivity index (χ1) is 6.74. The molecular formula is C9H14N2OS2. The first-order valence-electron chi connectivity index (χ1n) is 4.43. The number of nitrogens with one attached hydrogen (secondary N) is 1.